The van der Waals surface area contributed by atoms with Crippen LogP contribution in [0.25, 0.3) is 10.9 Å². The fraction of sp³-hybridized carbons (Fsp3) is 0.444. The SMILES string of the molecule is Cc1ccc2c(c1)[C@]1(C[C@H]1c1ccc3c(Nc4nc(C5CC5)cnc4C)nn(C(=O)OC(C)(C)C)c3c1)C(=O)N2C(=O)OC(C)(C)C. The van der Waals surface area contributed by atoms with E-state index in [4.69, 9.17) is 14.5 Å². The zero-order chi connectivity index (χ0) is 33.6. The number of nitrogens with one attached hydrogen (secondary N) is 1. The molecule has 7 rings (SSSR count). The van der Waals surface area contributed by atoms with Gasteiger partial charge in [-0.1, -0.05) is 23.8 Å². The van der Waals surface area contributed by atoms with Crippen LogP contribution in [0.1, 0.15) is 101 Å². The molecule has 2 saturated carbocycles. The molecule has 2 fully saturated rings. The number of imide groups is 1. The lowest BCUT2D eigenvalue weighted by atomic mass is 9.91. The van der Waals surface area contributed by atoms with E-state index in [1.165, 1.54) is 9.58 Å². The first-order chi connectivity index (χ1) is 22.1. The van der Waals surface area contributed by atoms with Gasteiger partial charge in [-0.3, -0.25) is 9.78 Å². The molecule has 2 aromatic carbocycles. The molecule has 3 aliphatic rings. The van der Waals surface area contributed by atoms with Gasteiger partial charge < -0.3 is 14.8 Å². The van der Waals surface area contributed by atoms with Gasteiger partial charge in [0.25, 0.3) is 0 Å². The molecule has 2 aromatic heterocycles. The summed E-state index contributed by atoms with van der Waals surface area (Å²) in [6.07, 6.45) is 3.22. The van der Waals surface area contributed by atoms with Gasteiger partial charge in [-0.05, 0) is 104 Å². The number of carbonyl (C=O) groups is 3. The van der Waals surface area contributed by atoms with E-state index in [1.807, 2.05) is 56.4 Å². The van der Waals surface area contributed by atoms with Gasteiger partial charge in [0, 0.05) is 23.4 Å². The van der Waals surface area contributed by atoms with Crippen molar-refractivity contribution >= 4 is 46.3 Å². The topological polar surface area (TPSA) is 129 Å². The number of ether oxygens (including phenoxy) is 2. The molecule has 11 heteroatoms. The average Bonchev–Trinajstić information content (AvgIpc) is 3.89. The van der Waals surface area contributed by atoms with Gasteiger partial charge in [-0.25, -0.2) is 19.5 Å². The van der Waals surface area contributed by atoms with E-state index >= 15 is 0 Å². The fourth-order valence-corrected chi connectivity index (χ4v) is 6.47. The van der Waals surface area contributed by atoms with E-state index < -0.39 is 28.8 Å². The molecule has 1 aliphatic heterocycles. The highest BCUT2D eigenvalue weighted by atomic mass is 16.6. The minimum absolute atomic E-state index is 0.228. The molecule has 3 heterocycles. The Balaban J connectivity index is 1.29. The summed E-state index contributed by atoms with van der Waals surface area (Å²) >= 11 is 0. The van der Waals surface area contributed by atoms with E-state index in [9.17, 15) is 14.4 Å². The van der Waals surface area contributed by atoms with Gasteiger partial charge in [0.1, 0.15) is 11.2 Å². The lowest BCUT2D eigenvalue weighted by Crippen LogP contribution is -2.41. The van der Waals surface area contributed by atoms with E-state index in [0.29, 0.717) is 46.3 Å². The molecule has 0 saturated heterocycles. The number of aromatic nitrogens is 4. The Kier molecular flexibility index (Phi) is 6.79. The fourth-order valence-electron chi connectivity index (χ4n) is 6.47. The first kappa shape index (κ1) is 30.8. The third kappa shape index (κ3) is 5.41. The molecule has 1 N–H and O–H groups in total. The number of anilines is 3. The molecule has 1 spiro atoms. The van der Waals surface area contributed by atoms with Crippen LogP contribution in [0, 0.1) is 13.8 Å². The van der Waals surface area contributed by atoms with Crippen LogP contribution < -0.4 is 10.2 Å². The van der Waals surface area contributed by atoms with Crippen molar-refractivity contribution in [1.29, 1.82) is 0 Å². The molecule has 2 atom stereocenters. The van der Waals surface area contributed by atoms with E-state index in [-0.39, 0.29) is 11.8 Å². The van der Waals surface area contributed by atoms with Crippen molar-refractivity contribution < 1.29 is 23.9 Å². The summed E-state index contributed by atoms with van der Waals surface area (Å²) in [5.74, 6) is 0.925. The highest BCUT2D eigenvalue weighted by Crippen LogP contribution is 2.66. The molecule has 0 bridgehead atoms. The van der Waals surface area contributed by atoms with Crippen molar-refractivity contribution in [2.45, 2.75) is 103 Å². The second kappa shape index (κ2) is 10.4. The van der Waals surface area contributed by atoms with Crippen LogP contribution in [0.15, 0.2) is 42.6 Å². The maximum absolute atomic E-state index is 14.2. The molecule has 2 amide bonds. The van der Waals surface area contributed by atoms with Gasteiger partial charge >= 0.3 is 12.2 Å². The van der Waals surface area contributed by atoms with Crippen molar-refractivity contribution in [3.63, 3.8) is 0 Å². The van der Waals surface area contributed by atoms with E-state index in [1.54, 1.807) is 41.5 Å². The second-order valence-corrected chi connectivity index (χ2v) is 15.0. The van der Waals surface area contributed by atoms with Crippen molar-refractivity contribution in [2.75, 3.05) is 10.2 Å². The molecule has 2 aliphatic carbocycles. The summed E-state index contributed by atoms with van der Waals surface area (Å²) in [5.41, 5.74) is 2.97. The second-order valence-electron chi connectivity index (χ2n) is 15.0. The molecular formula is C36H40N6O5. The maximum Gasteiger partial charge on any atom is 0.435 e. The zero-order valence-corrected chi connectivity index (χ0v) is 28.1. The van der Waals surface area contributed by atoms with Crippen molar-refractivity contribution in [2.24, 2.45) is 0 Å². The minimum atomic E-state index is -0.917. The summed E-state index contributed by atoms with van der Waals surface area (Å²) in [5, 5.41) is 8.69. The normalized spacial score (nSPS) is 20.5. The smallest absolute Gasteiger partial charge is 0.435 e. The quantitative estimate of drug-likeness (QED) is 0.241. The van der Waals surface area contributed by atoms with Crippen LogP contribution in [0.4, 0.5) is 26.9 Å². The molecular weight excluding hydrogens is 596 g/mol. The number of rotatable bonds is 4. The Morgan fingerprint density at radius 1 is 0.936 bits per heavy atom. The monoisotopic (exact) mass is 636 g/mol. The lowest BCUT2D eigenvalue weighted by molar-refractivity contribution is -0.120. The number of hydrogen-bond acceptors (Lipinski definition) is 9. The predicted molar refractivity (Wildman–Crippen MR) is 177 cm³/mol. The number of amides is 2. The summed E-state index contributed by atoms with van der Waals surface area (Å²) in [6, 6.07) is 11.5. The minimum Gasteiger partial charge on any atom is -0.443 e. The number of aryl methyl sites for hydroxylation is 2. The van der Waals surface area contributed by atoms with Crippen molar-refractivity contribution in [3.8, 4) is 0 Å². The number of fused-ring (bicyclic) bond motifs is 3. The van der Waals surface area contributed by atoms with Crippen molar-refractivity contribution in [1.82, 2.24) is 19.7 Å². The standard InChI is InChI=1S/C36H40N6O5/c1-19-9-14-27-24(15-19)36(31(43)41(27)32(44)46-34(3,4)5)17-25(36)22-12-13-23-28(16-22)42(33(45)47-35(6,7)8)40-30(23)39-29-20(2)37-18-26(38-29)21-10-11-21/h9,12-16,18,21,25H,10-11,17H2,1-8H3,(H,38,39,40)/t25-,36-/m0/s1. The summed E-state index contributed by atoms with van der Waals surface area (Å²) < 4.78 is 12.6. The summed E-state index contributed by atoms with van der Waals surface area (Å²) in [4.78, 5) is 51.6. The largest absolute Gasteiger partial charge is 0.443 e. The number of hydrogen-bond donors (Lipinski definition) is 1. The van der Waals surface area contributed by atoms with Crippen LogP contribution in [0.3, 0.4) is 0 Å². The summed E-state index contributed by atoms with van der Waals surface area (Å²) in [6.45, 7) is 14.6. The van der Waals surface area contributed by atoms with E-state index in [0.717, 1.165) is 35.2 Å². The van der Waals surface area contributed by atoms with Crippen LogP contribution in [0.2, 0.25) is 0 Å². The Labute approximate surface area is 273 Å². The predicted octanol–water partition coefficient (Wildman–Crippen LogP) is 7.55. The third-order valence-corrected chi connectivity index (χ3v) is 8.88. The van der Waals surface area contributed by atoms with E-state index in [2.05, 4.69) is 15.4 Å². The van der Waals surface area contributed by atoms with Gasteiger partial charge in [0.15, 0.2) is 11.6 Å². The molecule has 4 aromatic rings. The molecule has 0 radical (unpaired) electrons. The molecule has 244 valence electrons. The lowest BCUT2D eigenvalue weighted by Gasteiger charge is -2.24. The number of carbonyl (C=O) groups excluding carboxylic acids is 3. The van der Waals surface area contributed by atoms with Crippen LogP contribution in [0.5, 0.6) is 0 Å². The first-order valence-corrected chi connectivity index (χ1v) is 16.1. The Morgan fingerprint density at radius 3 is 2.32 bits per heavy atom. The molecule has 0 unspecified atom stereocenters. The van der Waals surface area contributed by atoms with Gasteiger partial charge in [0.2, 0.25) is 5.91 Å². The number of nitrogens with zero attached hydrogens (tertiary/aromatic N) is 5. The molecule has 11 nitrogen and oxygen atoms in total. The maximum atomic E-state index is 14.2. The van der Waals surface area contributed by atoms with Crippen LogP contribution in [-0.2, 0) is 19.7 Å². The van der Waals surface area contributed by atoms with Gasteiger partial charge in [0.05, 0.1) is 28.0 Å². The Morgan fingerprint density at radius 2 is 1.64 bits per heavy atom. The average molecular weight is 637 g/mol. The molecule has 47 heavy (non-hydrogen) atoms. The van der Waals surface area contributed by atoms with Gasteiger partial charge in [-0.2, -0.15) is 4.68 Å². The van der Waals surface area contributed by atoms with Crippen LogP contribution >= 0.6 is 0 Å². The summed E-state index contributed by atoms with van der Waals surface area (Å²) in [7, 11) is 0. The number of benzene rings is 2. The van der Waals surface area contributed by atoms with Crippen LogP contribution in [-0.4, -0.2) is 49.0 Å². The first-order valence-electron chi connectivity index (χ1n) is 16.1. The highest BCUT2D eigenvalue weighted by molar-refractivity contribution is 6.23. The Bertz CT molecular complexity index is 1980. The third-order valence-electron chi connectivity index (χ3n) is 8.88. The van der Waals surface area contributed by atoms with Crippen molar-refractivity contribution in [3.05, 3.63) is 70.7 Å². The Hall–Kier alpha value is -4.80. The zero-order valence-electron chi connectivity index (χ0n) is 28.1. The van der Waals surface area contributed by atoms with Gasteiger partial charge in [-0.15, -0.1) is 5.10 Å². The highest BCUT2D eigenvalue weighted by Gasteiger charge is 2.68.